The lowest BCUT2D eigenvalue weighted by molar-refractivity contribution is 1.14. The Morgan fingerprint density at radius 2 is 2.19 bits per heavy atom. The third-order valence-corrected chi connectivity index (χ3v) is 2.46. The number of nitrogens with one attached hydrogen (secondary N) is 1. The third-order valence-electron chi connectivity index (χ3n) is 2.22. The van der Waals surface area contributed by atoms with Gasteiger partial charge < -0.3 is 11.1 Å². The molecule has 0 aliphatic carbocycles. The van der Waals surface area contributed by atoms with Crippen molar-refractivity contribution in [2.75, 3.05) is 11.1 Å². The number of pyridine rings is 1. The molecule has 1 heterocycles. The van der Waals surface area contributed by atoms with E-state index in [2.05, 4.69) is 10.3 Å². The van der Waals surface area contributed by atoms with Gasteiger partial charge in [0.05, 0.1) is 17.6 Å². The molecule has 0 aliphatic heterocycles. The topological polar surface area (TPSA) is 50.9 Å². The molecule has 0 amide bonds. The second-order valence-corrected chi connectivity index (χ2v) is 3.88. The predicted molar refractivity (Wildman–Crippen MR) is 67.4 cm³/mol. The smallest absolute Gasteiger partial charge is 0.0736 e. The molecule has 16 heavy (non-hydrogen) atoms. The van der Waals surface area contributed by atoms with Crippen LogP contribution >= 0.6 is 11.6 Å². The van der Waals surface area contributed by atoms with Gasteiger partial charge in [0.2, 0.25) is 0 Å². The molecule has 0 bridgehead atoms. The Morgan fingerprint density at radius 3 is 2.94 bits per heavy atom. The highest BCUT2D eigenvalue weighted by molar-refractivity contribution is 6.30. The van der Waals surface area contributed by atoms with Crippen LogP contribution in [0.1, 0.15) is 5.56 Å². The summed E-state index contributed by atoms with van der Waals surface area (Å²) in [7, 11) is 0. The number of hydrogen-bond donors (Lipinski definition) is 2. The lowest BCUT2D eigenvalue weighted by Gasteiger charge is -2.08. The number of aromatic nitrogens is 1. The maximum atomic E-state index is 5.90. The van der Waals surface area contributed by atoms with Crippen LogP contribution in [0, 0.1) is 0 Å². The van der Waals surface area contributed by atoms with Gasteiger partial charge in [-0.15, -0.1) is 0 Å². The maximum Gasteiger partial charge on any atom is 0.0736 e. The average molecular weight is 234 g/mol. The van der Waals surface area contributed by atoms with Gasteiger partial charge in [0.1, 0.15) is 0 Å². The molecule has 0 saturated carbocycles. The fraction of sp³-hybridized carbons (Fsp3) is 0.0833. The zero-order chi connectivity index (χ0) is 11.4. The van der Waals surface area contributed by atoms with Crippen molar-refractivity contribution in [3.63, 3.8) is 0 Å². The minimum Gasteiger partial charge on any atom is -0.396 e. The maximum absolute atomic E-state index is 5.90. The Kier molecular flexibility index (Phi) is 3.27. The highest BCUT2D eigenvalue weighted by Crippen LogP contribution is 2.17. The molecule has 82 valence electrons. The van der Waals surface area contributed by atoms with Crippen LogP contribution in [-0.2, 0) is 6.54 Å². The van der Waals surface area contributed by atoms with Crippen LogP contribution in [0.3, 0.4) is 0 Å². The van der Waals surface area contributed by atoms with Gasteiger partial charge in [-0.2, -0.15) is 0 Å². The van der Waals surface area contributed by atoms with Crippen molar-refractivity contribution in [2.45, 2.75) is 6.54 Å². The lowest BCUT2D eigenvalue weighted by atomic mass is 10.2. The Bertz CT molecular complexity index is 485. The van der Waals surface area contributed by atoms with E-state index in [1.54, 1.807) is 12.4 Å². The van der Waals surface area contributed by atoms with Crippen LogP contribution < -0.4 is 11.1 Å². The second-order valence-electron chi connectivity index (χ2n) is 3.45. The molecule has 0 fully saturated rings. The van der Waals surface area contributed by atoms with Crippen molar-refractivity contribution in [1.82, 2.24) is 4.98 Å². The van der Waals surface area contributed by atoms with E-state index in [1.165, 1.54) is 0 Å². The first-order valence-electron chi connectivity index (χ1n) is 4.93. The van der Waals surface area contributed by atoms with E-state index in [1.807, 2.05) is 30.3 Å². The van der Waals surface area contributed by atoms with Gasteiger partial charge in [0.15, 0.2) is 0 Å². The molecule has 3 N–H and O–H groups in total. The molecule has 1 aromatic heterocycles. The van der Waals surface area contributed by atoms with Crippen LogP contribution in [0.5, 0.6) is 0 Å². The first-order valence-corrected chi connectivity index (χ1v) is 5.31. The minimum absolute atomic E-state index is 0.643. The average Bonchev–Trinajstić information content (AvgIpc) is 2.28. The van der Waals surface area contributed by atoms with E-state index in [-0.39, 0.29) is 0 Å². The number of benzene rings is 1. The van der Waals surface area contributed by atoms with Crippen LogP contribution in [0.2, 0.25) is 5.02 Å². The zero-order valence-corrected chi connectivity index (χ0v) is 9.41. The van der Waals surface area contributed by atoms with E-state index < -0.39 is 0 Å². The fourth-order valence-electron chi connectivity index (χ4n) is 1.41. The first kappa shape index (κ1) is 10.8. The number of halogens is 1. The van der Waals surface area contributed by atoms with E-state index in [0.717, 1.165) is 16.3 Å². The van der Waals surface area contributed by atoms with Gasteiger partial charge >= 0.3 is 0 Å². The van der Waals surface area contributed by atoms with Crippen molar-refractivity contribution in [3.8, 4) is 0 Å². The monoisotopic (exact) mass is 233 g/mol. The highest BCUT2D eigenvalue weighted by atomic mass is 35.5. The van der Waals surface area contributed by atoms with Crippen molar-refractivity contribution in [1.29, 1.82) is 0 Å². The van der Waals surface area contributed by atoms with Gasteiger partial charge in [0.25, 0.3) is 0 Å². The Morgan fingerprint density at radius 1 is 1.31 bits per heavy atom. The van der Waals surface area contributed by atoms with E-state index in [4.69, 9.17) is 17.3 Å². The summed E-state index contributed by atoms with van der Waals surface area (Å²) in [4.78, 5) is 3.93. The van der Waals surface area contributed by atoms with Crippen molar-refractivity contribution in [3.05, 3.63) is 53.3 Å². The third kappa shape index (κ3) is 2.64. The summed E-state index contributed by atoms with van der Waals surface area (Å²) < 4.78 is 0. The van der Waals surface area contributed by atoms with Gasteiger partial charge in [-0.05, 0) is 23.8 Å². The predicted octanol–water partition coefficient (Wildman–Crippen LogP) is 2.93. The van der Waals surface area contributed by atoms with Crippen LogP contribution in [0.25, 0.3) is 0 Å². The number of rotatable bonds is 3. The standard InChI is InChI=1S/C12H12ClN3/c13-10-3-1-2-9(6-10)7-16-12-4-5-15-8-11(12)14/h1-6,8H,7,14H2,(H,15,16). The Balaban J connectivity index is 2.05. The lowest BCUT2D eigenvalue weighted by Crippen LogP contribution is -2.02. The number of hydrogen-bond acceptors (Lipinski definition) is 3. The summed E-state index contributed by atoms with van der Waals surface area (Å²) in [5.41, 5.74) is 8.41. The number of anilines is 2. The summed E-state index contributed by atoms with van der Waals surface area (Å²) in [6.07, 6.45) is 3.33. The molecule has 0 aliphatic rings. The molecule has 2 rings (SSSR count). The van der Waals surface area contributed by atoms with Crippen LogP contribution in [-0.4, -0.2) is 4.98 Å². The first-order chi connectivity index (χ1) is 7.75. The minimum atomic E-state index is 0.643. The summed E-state index contributed by atoms with van der Waals surface area (Å²) in [6.45, 7) is 0.689. The fourth-order valence-corrected chi connectivity index (χ4v) is 1.62. The molecule has 3 nitrogen and oxygen atoms in total. The SMILES string of the molecule is Nc1cnccc1NCc1cccc(Cl)c1. The molecular weight excluding hydrogens is 222 g/mol. The van der Waals surface area contributed by atoms with Crippen LogP contribution in [0.4, 0.5) is 11.4 Å². The number of nitrogen functional groups attached to an aromatic ring is 1. The molecule has 1 aromatic carbocycles. The molecule has 0 spiro atoms. The van der Waals surface area contributed by atoms with Gasteiger partial charge in [-0.25, -0.2) is 0 Å². The largest absolute Gasteiger partial charge is 0.396 e. The van der Waals surface area contributed by atoms with E-state index in [0.29, 0.717) is 12.2 Å². The summed E-state index contributed by atoms with van der Waals surface area (Å²) in [5, 5.41) is 3.97. The second kappa shape index (κ2) is 4.86. The van der Waals surface area contributed by atoms with Crippen LogP contribution in [0.15, 0.2) is 42.7 Å². The van der Waals surface area contributed by atoms with Gasteiger partial charge in [-0.1, -0.05) is 23.7 Å². The normalized spacial score (nSPS) is 10.1. The van der Waals surface area contributed by atoms with Crippen molar-refractivity contribution in [2.24, 2.45) is 0 Å². The molecule has 0 saturated heterocycles. The number of nitrogens with two attached hydrogens (primary N) is 1. The summed E-state index contributed by atoms with van der Waals surface area (Å²) in [5.74, 6) is 0. The van der Waals surface area contributed by atoms with Crippen molar-refractivity contribution >= 4 is 23.0 Å². The van der Waals surface area contributed by atoms with E-state index in [9.17, 15) is 0 Å². The van der Waals surface area contributed by atoms with E-state index >= 15 is 0 Å². The molecule has 0 unspecified atom stereocenters. The molecule has 2 aromatic rings. The summed E-state index contributed by atoms with van der Waals surface area (Å²) >= 11 is 5.90. The summed E-state index contributed by atoms with van der Waals surface area (Å²) in [6, 6.07) is 9.56. The highest BCUT2D eigenvalue weighted by Gasteiger charge is 1.98. The molecular formula is C12H12ClN3. The molecule has 4 heteroatoms. The van der Waals surface area contributed by atoms with Gasteiger partial charge in [-0.3, -0.25) is 4.98 Å². The molecule has 0 radical (unpaired) electrons. The Hall–Kier alpha value is -1.74. The Labute approximate surface area is 99.3 Å². The van der Waals surface area contributed by atoms with Crippen molar-refractivity contribution < 1.29 is 0 Å². The quantitative estimate of drug-likeness (QED) is 0.857. The zero-order valence-electron chi connectivity index (χ0n) is 8.65. The van der Waals surface area contributed by atoms with Gasteiger partial charge in [0, 0.05) is 17.8 Å². The number of nitrogens with zero attached hydrogens (tertiary/aromatic N) is 1. The molecule has 0 atom stereocenters.